The van der Waals surface area contributed by atoms with E-state index in [1.807, 2.05) is 6.92 Å². The van der Waals surface area contributed by atoms with Gasteiger partial charge in [-0.05, 0) is 19.8 Å². The van der Waals surface area contributed by atoms with E-state index in [-0.39, 0.29) is 17.0 Å². The van der Waals surface area contributed by atoms with Crippen molar-refractivity contribution in [3.63, 3.8) is 0 Å². The highest BCUT2D eigenvalue weighted by Crippen LogP contribution is 2.16. The molecule has 0 saturated carbocycles. The normalized spacial score (nSPS) is 10.3. The van der Waals surface area contributed by atoms with E-state index in [2.05, 4.69) is 0 Å². The molecule has 4 nitrogen and oxygen atoms in total. The van der Waals surface area contributed by atoms with Gasteiger partial charge >= 0.3 is 5.63 Å². The van der Waals surface area contributed by atoms with Crippen LogP contribution in [0, 0.1) is 12.3 Å². The highest BCUT2D eigenvalue weighted by molar-refractivity contribution is 5.99. The molecule has 0 spiro atoms. The first kappa shape index (κ1) is 11.5. The van der Waals surface area contributed by atoms with Crippen LogP contribution in [0.5, 0.6) is 5.75 Å². The standard InChI is InChI=1S/C11H15NO3/c1-3-4-5-8(12)10-9(13)6-7(2)15-11(10)14/h6,12-13H,3-5H2,1-2H3. The maximum absolute atomic E-state index is 11.4. The van der Waals surface area contributed by atoms with Gasteiger partial charge in [-0.15, -0.1) is 0 Å². The van der Waals surface area contributed by atoms with Crippen LogP contribution in [0.1, 0.15) is 37.5 Å². The van der Waals surface area contributed by atoms with Crippen LogP contribution in [-0.4, -0.2) is 10.8 Å². The molecule has 1 rings (SSSR count). The van der Waals surface area contributed by atoms with Crippen LogP contribution < -0.4 is 5.63 Å². The van der Waals surface area contributed by atoms with Gasteiger partial charge in [0.25, 0.3) is 0 Å². The summed E-state index contributed by atoms with van der Waals surface area (Å²) >= 11 is 0. The summed E-state index contributed by atoms with van der Waals surface area (Å²) in [6.07, 6.45) is 2.25. The largest absolute Gasteiger partial charge is 0.507 e. The van der Waals surface area contributed by atoms with E-state index in [1.165, 1.54) is 6.07 Å². The van der Waals surface area contributed by atoms with E-state index in [0.29, 0.717) is 12.2 Å². The maximum atomic E-state index is 11.4. The predicted octanol–water partition coefficient (Wildman–Crippen LogP) is 2.21. The van der Waals surface area contributed by atoms with Gasteiger partial charge in [0.05, 0.1) is 0 Å². The van der Waals surface area contributed by atoms with Crippen LogP contribution in [0.3, 0.4) is 0 Å². The van der Waals surface area contributed by atoms with Crippen LogP contribution in [0.25, 0.3) is 0 Å². The van der Waals surface area contributed by atoms with Crippen molar-refractivity contribution in [1.29, 1.82) is 5.41 Å². The zero-order valence-electron chi connectivity index (χ0n) is 8.96. The maximum Gasteiger partial charge on any atom is 0.348 e. The van der Waals surface area contributed by atoms with E-state index in [1.54, 1.807) is 6.92 Å². The Labute approximate surface area is 88.1 Å². The molecule has 0 saturated heterocycles. The number of hydrogen-bond donors (Lipinski definition) is 2. The number of hydrogen-bond acceptors (Lipinski definition) is 4. The average Bonchev–Trinajstić information content (AvgIpc) is 2.12. The summed E-state index contributed by atoms with van der Waals surface area (Å²) in [5.74, 6) is 0.189. The fourth-order valence-electron chi connectivity index (χ4n) is 1.35. The lowest BCUT2D eigenvalue weighted by molar-refractivity contribution is 0.432. The smallest absolute Gasteiger partial charge is 0.348 e. The first-order chi connectivity index (χ1) is 7.06. The van der Waals surface area contributed by atoms with Crippen molar-refractivity contribution in [1.82, 2.24) is 0 Å². The molecule has 0 bridgehead atoms. The molecule has 0 aliphatic carbocycles. The number of aryl methyl sites for hydroxylation is 1. The van der Waals surface area contributed by atoms with Crippen LogP contribution in [0.2, 0.25) is 0 Å². The van der Waals surface area contributed by atoms with Crippen molar-refractivity contribution in [2.75, 3.05) is 0 Å². The average molecular weight is 209 g/mol. The second-order valence-electron chi connectivity index (χ2n) is 3.49. The third kappa shape index (κ3) is 2.68. The summed E-state index contributed by atoms with van der Waals surface area (Å²) < 4.78 is 4.83. The van der Waals surface area contributed by atoms with Crippen molar-refractivity contribution < 1.29 is 9.52 Å². The summed E-state index contributed by atoms with van der Waals surface area (Å²) in [6, 6.07) is 1.36. The van der Waals surface area contributed by atoms with Crippen molar-refractivity contribution in [2.24, 2.45) is 0 Å². The summed E-state index contributed by atoms with van der Waals surface area (Å²) in [4.78, 5) is 11.4. The third-order valence-corrected chi connectivity index (χ3v) is 2.14. The van der Waals surface area contributed by atoms with E-state index >= 15 is 0 Å². The molecule has 1 aromatic rings. The molecule has 0 aliphatic rings. The fraction of sp³-hybridized carbons (Fsp3) is 0.455. The summed E-state index contributed by atoms with van der Waals surface area (Å²) in [5.41, 5.74) is -0.495. The van der Waals surface area contributed by atoms with E-state index in [9.17, 15) is 9.90 Å². The lowest BCUT2D eigenvalue weighted by Crippen LogP contribution is -2.14. The van der Waals surface area contributed by atoms with Gasteiger partial charge in [-0.1, -0.05) is 13.3 Å². The van der Waals surface area contributed by atoms with Gasteiger partial charge in [0, 0.05) is 11.8 Å². The van der Waals surface area contributed by atoms with Gasteiger partial charge in [0.15, 0.2) is 0 Å². The molecule has 0 radical (unpaired) electrons. The number of nitrogens with one attached hydrogen (secondary N) is 1. The minimum Gasteiger partial charge on any atom is -0.507 e. The van der Waals surface area contributed by atoms with Crippen LogP contribution >= 0.6 is 0 Å². The molecule has 2 N–H and O–H groups in total. The summed E-state index contributed by atoms with van der Waals surface area (Å²) in [7, 11) is 0. The topological polar surface area (TPSA) is 74.3 Å². The quantitative estimate of drug-likeness (QED) is 0.746. The molecule has 0 fully saturated rings. The van der Waals surface area contributed by atoms with Crippen LogP contribution in [-0.2, 0) is 0 Å². The molecule has 0 amide bonds. The van der Waals surface area contributed by atoms with Gasteiger partial charge in [-0.2, -0.15) is 0 Å². The summed E-state index contributed by atoms with van der Waals surface area (Å²) in [5, 5.41) is 17.2. The molecule has 15 heavy (non-hydrogen) atoms. The molecular formula is C11H15NO3. The van der Waals surface area contributed by atoms with Crippen molar-refractivity contribution in [2.45, 2.75) is 33.1 Å². The molecule has 1 aromatic heterocycles. The third-order valence-electron chi connectivity index (χ3n) is 2.14. The Morgan fingerprint density at radius 1 is 1.60 bits per heavy atom. The Balaban J connectivity index is 3.04. The number of unbranched alkanes of at least 4 members (excludes halogenated alkanes) is 1. The Hall–Kier alpha value is -1.58. The molecule has 0 aliphatic heterocycles. The van der Waals surface area contributed by atoms with Crippen LogP contribution in [0.4, 0.5) is 0 Å². The van der Waals surface area contributed by atoms with Crippen molar-refractivity contribution in [3.8, 4) is 5.75 Å². The number of aromatic hydroxyl groups is 1. The lowest BCUT2D eigenvalue weighted by atomic mass is 10.1. The van der Waals surface area contributed by atoms with Crippen molar-refractivity contribution >= 4 is 5.71 Å². The van der Waals surface area contributed by atoms with Gasteiger partial charge in [-0.3, -0.25) is 0 Å². The second kappa shape index (κ2) is 4.77. The zero-order valence-corrected chi connectivity index (χ0v) is 8.96. The first-order valence-corrected chi connectivity index (χ1v) is 4.97. The van der Waals surface area contributed by atoms with Gasteiger partial charge in [-0.25, -0.2) is 4.79 Å². The van der Waals surface area contributed by atoms with Gasteiger partial charge < -0.3 is 14.9 Å². The minimum absolute atomic E-state index is 0.00551. The fourth-order valence-corrected chi connectivity index (χ4v) is 1.35. The first-order valence-electron chi connectivity index (χ1n) is 4.97. The molecule has 0 unspecified atom stereocenters. The van der Waals surface area contributed by atoms with Gasteiger partial charge in [0.1, 0.15) is 17.1 Å². The Morgan fingerprint density at radius 2 is 2.27 bits per heavy atom. The zero-order chi connectivity index (χ0) is 11.4. The molecule has 4 heteroatoms. The lowest BCUT2D eigenvalue weighted by Gasteiger charge is -2.04. The predicted molar refractivity (Wildman–Crippen MR) is 57.7 cm³/mol. The summed E-state index contributed by atoms with van der Waals surface area (Å²) in [6.45, 7) is 3.59. The second-order valence-corrected chi connectivity index (χ2v) is 3.49. The Bertz CT molecular complexity index is 420. The molecule has 0 atom stereocenters. The molecular weight excluding hydrogens is 194 g/mol. The SMILES string of the molecule is CCCCC(=N)c1c(O)cc(C)oc1=O. The van der Waals surface area contributed by atoms with Crippen LogP contribution in [0.15, 0.2) is 15.3 Å². The van der Waals surface area contributed by atoms with Crippen molar-refractivity contribution in [3.05, 3.63) is 27.8 Å². The Kier molecular flexibility index (Phi) is 3.66. The molecule has 1 heterocycles. The molecule has 82 valence electrons. The van der Waals surface area contributed by atoms with E-state index < -0.39 is 5.63 Å². The van der Waals surface area contributed by atoms with E-state index in [0.717, 1.165) is 12.8 Å². The highest BCUT2D eigenvalue weighted by Gasteiger charge is 2.14. The molecule has 0 aromatic carbocycles. The Morgan fingerprint density at radius 3 is 2.80 bits per heavy atom. The van der Waals surface area contributed by atoms with Gasteiger partial charge in [0.2, 0.25) is 0 Å². The minimum atomic E-state index is -0.631. The van der Waals surface area contributed by atoms with E-state index in [4.69, 9.17) is 9.83 Å². The number of rotatable bonds is 4. The monoisotopic (exact) mass is 209 g/mol. The highest BCUT2D eigenvalue weighted by atomic mass is 16.4.